The molecule has 16 heavy (non-hydrogen) atoms. The van der Waals surface area contributed by atoms with Crippen molar-refractivity contribution in [1.82, 2.24) is 5.32 Å². The van der Waals surface area contributed by atoms with Gasteiger partial charge in [0.2, 0.25) is 5.91 Å². The maximum atomic E-state index is 11.5. The lowest BCUT2D eigenvalue weighted by molar-refractivity contribution is -0.121. The van der Waals surface area contributed by atoms with E-state index in [4.69, 9.17) is 9.84 Å². The van der Waals surface area contributed by atoms with Gasteiger partial charge in [0.15, 0.2) is 0 Å². The third-order valence-electron chi connectivity index (χ3n) is 2.20. The van der Waals surface area contributed by atoms with Crippen LogP contribution >= 0.6 is 0 Å². The van der Waals surface area contributed by atoms with E-state index in [1.807, 2.05) is 24.3 Å². The zero-order valence-corrected chi connectivity index (χ0v) is 9.56. The van der Waals surface area contributed by atoms with Crippen molar-refractivity contribution in [2.24, 2.45) is 0 Å². The van der Waals surface area contributed by atoms with Crippen molar-refractivity contribution in [3.63, 3.8) is 0 Å². The second-order valence-electron chi connectivity index (χ2n) is 3.68. The number of aliphatic hydroxyl groups excluding tert-OH is 1. The summed E-state index contributed by atoms with van der Waals surface area (Å²) in [6.07, 6.45) is 0.314. The Balaban J connectivity index is 2.49. The number of hydrogen-bond acceptors (Lipinski definition) is 3. The Morgan fingerprint density at radius 2 is 2.06 bits per heavy atom. The summed E-state index contributed by atoms with van der Waals surface area (Å²) in [5.74, 6) is 0.680. The quantitative estimate of drug-likeness (QED) is 0.774. The van der Waals surface area contributed by atoms with Gasteiger partial charge in [-0.05, 0) is 24.6 Å². The van der Waals surface area contributed by atoms with Crippen LogP contribution in [0.5, 0.6) is 5.75 Å². The molecule has 0 spiro atoms. The van der Waals surface area contributed by atoms with E-state index in [9.17, 15) is 4.79 Å². The van der Waals surface area contributed by atoms with Crippen LogP contribution in [0.4, 0.5) is 0 Å². The first-order valence-electron chi connectivity index (χ1n) is 5.19. The third-order valence-corrected chi connectivity index (χ3v) is 2.20. The molecule has 0 aliphatic heterocycles. The first kappa shape index (κ1) is 12.5. The summed E-state index contributed by atoms with van der Waals surface area (Å²) in [5.41, 5.74) is 0.920. The Morgan fingerprint density at radius 3 is 2.56 bits per heavy atom. The molecule has 1 aromatic carbocycles. The minimum atomic E-state index is -0.203. The summed E-state index contributed by atoms with van der Waals surface area (Å²) < 4.78 is 5.02. The number of rotatable bonds is 5. The number of hydrogen-bond donors (Lipinski definition) is 2. The highest BCUT2D eigenvalue weighted by Gasteiger charge is 2.06. The van der Waals surface area contributed by atoms with Gasteiger partial charge in [0.25, 0.3) is 0 Å². The van der Waals surface area contributed by atoms with Crippen molar-refractivity contribution < 1.29 is 14.6 Å². The molecule has 0 radical (unpaired) electrons. The molecule has 4 heteroatoms. The van der Waals surface area contributed by atoms with Gasteiger partial charge in [0.05, 0.1) is 20.1 Å². The molecule has 0 saturated carbocycles. The zero-order valence-electron chi connectivity index (χ0n) is 9.56. The maximum absolute atomic E-state index is 11.5. The number of carbonyl (C=O) groups is 1. The molecule has 4 nitrogen and oxygen atoms in total. The Hall–Kier alpha value is -1.55. The van der Waals surface area contributed by atoms with Gasteiger partial charge in [-0.15, -0.1) is 0 Å². The van der Waals surface area contributed by atoms with Crippen molar-refractivity contribution in [1.29, 1.82) is 0 Å². The molecule has 0 aliphatic carbocycles. The van der Waals surface area contributed by atoms with Crippen LogP contribution in [0.15, 0.2) is 24.3 Å². The maximum Gasteiger partial charge on any atom is 0.224 e. The Kier molecular flexibility index (Phi) is 4.79. The molecule has 88 valence electrons. The van der Waals surface area contributed by atoms with Crippen LogP contribution in [0.2, 0.25) is 0 Å². The van der Waals surface area contributed by atoms with Gasteiger partial charge < -0.3 is 15.2 Å². The van der Waals surface area contributed by atoms with E-state index in [2.05, 4.69) is 5.32 Å². The smallest absolute Gasteiger partial charge is 0.224 e. The summed E-state index contributed by atoms with van der Waals surface area (Å²) >= 11 is 0. The number of nitrogens with one attached hydrogen (secondary N) is 1. The van der Waals surface area contributed by atoms with E-state index >= 15 is 0 Å². The van der Waals surface area contributed by atoms with E-state index in [0.717, 1.165) is 11.3 Å². The van der Waals surface area contributed by atoms with Crippen molar-refractivity contribution in [3.05, 3.63) is 29.8 Å². The molecule has 0 saturated heterocycles. The average molecular weight is 223 g/mol. The molecule has 2 N–H and O–H groups in total. The fraction of sp³-hybridized carbons (Fsp3) is 0.417. The number of methoxy groups -OCH3 is 1. The summed E-state index contributed by atoms with van der Waals surface area (Å²) in [6, 6.07) is 7.13. The number of aliphatic hydroxyl groups is 1. The first-order chi connectivity index (χ1) is 7.65. The van der Waals surface area contributed by atoms with Crippen molar-refractivity contribution >= 4 is 5.91 Å². The highest BCUT2D eigenvalue weighted by Crippen LogP contribution is 2.11. The number of benzene rings is 1. The molecule has 0 aromatic heterocycles. The lowest BCUT2D eigenvalue weighted by Crippen LogP contribution is -2.35. The van der Waals surface area contributed by atoms with E-state index in [1.54, 1.807) is 14.0 Å². The van der Waals surface area contributed by atoms with E-state index in [0.29, 0.717) is 6.42 Å². The van der Waals surface area contributed by atoms with Gasteiger partial charge >= 0.3 is 0 Å². The van der Waals surface area contributed by atoms with Gasteiger partial charge in [-0.1, -0.05) is 12.1 Å². The van der Waals surface area contributed by atoms with E-state index in [1.165, 1.54) is 0 Å². The Labute approximate surface area is 95.2 Å². The molecule has 1 amide bonds. The topological polar surface area (TPSA) is 58.6 Å². The third kappa shape index (κ3) is 3.90. The minimum absolute atomic E-state index is 0.0473. The van der Waals surface area contributed by atoms with Gasteiger partial charge in [-0.2, -0.15) is 0 Å². The van der Waals surface area contributed by atoms with Crippen molar-refractivity contribution in [2.75, 3.05) is 13.7 Å². The molecule has 0 aliphatic rings. The molecule has 0 heterocycles. The largest absolute Gasteiger partial charge is 0.497 e. The SMILES string of the molecule is COc1ccc(CC(=O)NC(C)CO)cc1. The number of amides is 1. The van der Waals surface area contributed by atoms with Crippen LogP contribution in [0.3, 0.4) is 0 Å². The van der Waals surface area contributed by atoms with Crippen LogP contribution in [-0.2, 0) is 11.2 Å². The van der Waals surface area contributed by atoms with Crippen molar-refractivity contribution in [2.45, 2.75) is 19.4 Å². The normalized spacial score (nSPS) is 11.9. The predicted octanol–water partition coefficient (Wildman–Crippen LogP) is 0.735. The summed E-state index contributed by atoms with van der Waals surface area (Å²) in [6.45, 7) is 1.71. The molecule has 1 rings (SSSR count). The van der Waals surface area contributed by atoms with Gasteiger partial charge in [-0.25, -0.2) is 0 Å². The molecule has 1 aromatic rings. The van der Waals surface area contributed by atoms with Gasteiger partial charge in [0, 0.05) is 6.04 Å². The number of ether oxygens (including phenoxy) is 1. The summed E-state index contributed by atoms with van der Waals surface area (Å²) in [7, 11) is 1.60. The average Bonchev–Trinajstić information content (AvgIpc) is 2.29. The standard InChI is InChI=1S/C12H17NO3/c1-9(8-14)13-12(15)7-10-3-5-11(16-2)6-4-10/h3-6,9,14H,7-8H2,1-2H3,(H,13,15). The Morgan fingerprint density at radius 1 is 1.44 bits per heavy atom. The second kappa shape index (κ2) is 6.12. The lowest BCUT2D eigenvalue weighted by atomic mass is 10.1. The molecule has 0 fully saturated rings. The molecule has 0 bridgehead atoms. The summed E-state index contributed by atoms with van der Waals surface area (Å²) in [4.78, 5) is 11.5. The fourth-order valence-corrected chi connectivity index (χ4v) is 1.30. The summed E-state index contributed by atoms with van der Waals surface area (Å²) in [5, 5.41) is 11.5. The number of carbonyl (C=O) groups excluding carboxylic acids is 1. The van der Waals surface area contributed by atoms with Crippen LogP contribution < -0.4 is 10.1 Å². The van der Waals surface area contributed by atoms with E-state index < -0.39 is 0 Å². The fourth-order valence-electron chi connectivity index (χ4n) is 1.30. The molecular weight excluding hydrogens is 206 g/mol. The zero-order chi connectivity index (χ0) is 12.0. The minimum Gasteiger partial charge on any atom is -0.497 e. The highest BCUT2D eigenvalue weighted by atomic mass is 16.5. The molecular formula is C12H17NO3. The molecule has 1 atom stereocenters. The first-order valence-corrected chi connectivity index (χ1v) is 5.19. The van der Waals surface area contributed by atoms with Crippen molar-refractivity contribution in [3.8, 4) is 5.75 Å². The monoisotopic (exact) mass is 223 g/mol. The van der Waals surface area contributed by atoms with Crippen LogP contribution in [0.25, 0.3) is 0 Å². The molecule has 1 unspecified atom stereocenters. The van der Waals surface area contributed by atoms with E-state index in [-0.39, 0.29) is 18.6 Å². The second-order valence-corrected chi connectivity index (χ2v) is 3.68. The van der Waals surface area contributed by atoms with Crippen LogP contribution in [0, 0.1) is 0 Å². The lowest BCUT2D eigenvalue weighted by Gasteiger charge is -2.10. The Bertz CT molecular complexity index is 335. The van der Waals surface area contributed by atoms with Gasteiger partial charge in [0.1, 0.15) is 5.75 Å². The highest BCUT2D eigenvalue weighted by molar-refractivity contribution is 5.78. The van der Waals surface area contributed by atoms with Crippen LogP contribution in [0.1, 0.15) is 12.5 Å². The van der Waals surface area contributed by atoms with Crippen LogP contribution in [-0.4, -0.2) is 30.8 Å². The predicted molar refractivity (Wildman–Crippen MR) is 61.4 cm³/mol. The van der Waals surface area contributed by atoms with Gasteiger partial charge in [-0.3, -0.25) is 4.79 Å².